The molecule has 2 nitrogen and oxygen atoms in total. The Bertz CT molecular complexity index is 338. The van der Waals surface area contributed by atoms with Crippen LogP contribution in [0.5, 0.6) is 0 Å². The van der Waals surface area contributed by atoms with E-state index in [-0.39, 0.29) is 11.9 Å². The molecular formula is C10H10FNO. The van der Waals surface area contributed by atoms with Crippen LogP contribution >= 0.6 is 0 Å². The van der Waals surface area contributed by atoms with Crippen molar-refractivity contribution in [2.75, 3.05) is 6.54 Å². The average molecular weight is 179 g/mol. The first-order valence-electron chi connectivity index (χ1n) is 4.28. The third kappa shape index (κ3) is 1.47. The van der Waals surface area contributed by atoms with Crippen LogP contribution in [0.3, 0.4) is 0 Å². The number of halogens is 1. The van der Waals surface area contributed by atoms with E-state index in [4.69, 9.17) is 0 Å². The van der Waals surface area contributed by atoms with Gasteiger partial charge in [-0.1, -0.05) is 6.07 Å². The molecule has 0 bridgehead atoms. The van der Waals surface area contributed by atoms with E-state index in [1.165, 1.54) is 12.1 Å². The van der Waals surface area contributed by atoms with Gasteiger partial charge in [-0.05, 0) is 29.7 Å². The standard InChI is InChI=1S/C10H10FNO/c11-8-2-1-7-3-4-12-10(6-13)9(7)5-8/h1-2,5-6,10,12H,3-4H2. The van der Waals surface area contributed by atoms with E-state index in [1.807, 2.05) is 0 Å². The summed E-state index contributed by atoms with van der Waals surface area (Å²) in [5, 5.41) is 3.02. The first kappa shape index (κ1) is 8.38. The Morgan fingerprint density at radius 1 is 1.54 bits per heavy atom. The smallest absolute Gasteiger partial charge is 0.141 e. The summed E-state index contributed by atoms with van der Waals surface area (Å²) in [6, 6.07) is 4.29. The molecule has 0 amide bonds. The Kier molecular flexibility index (Phi) is 2.10. The zero-order valence-corrected chi connectivity index (χ0v) is 7.09. The number of carbonyl (C=O) groups excluding carboxylic acids is 1. The molecule has 68 valence electrons. The van der Waals surface area contributed by atoms with Crippen molar-refractivity contribution in [2.45, 2.75) is 12.5 Å². The van der Waals surface area contributed by atoms with Gasteiger partial charge in [-0.3, -0.25) is 0 Å². The van der Waals surface area contributed by atoms with Crippen LogP contribution in [0.25, 0.3) is 0 Å². The number of benzene rings is 1. The molecule has 1 aromatic carbocycles. The predicted molar refractivity (Wildman–Crippen MR) is 46.9 cm³/mol. The molecule has 0 aliphatic carbocycles. The molecule has 0 fully saturated rings. The predicted octanol–water partition coefficient (Wildman–Crippen LogP) is 1.21. The number of carbonyl (C=O) groups is 1. The van der Waals surface area contributed by atoms with Crippen molar-refractivity contribution in [2.24, 2.45) is 0 Å². The monoisotopic (exact) mass is 179 g/mol. The van der Waals surface area contributed by atoms with E-state index in [0.29, 0.717) is 0 Å². The highest BCUT2D eigenvalue weighted by molar-refractivity contribution is 5.63. The molecule has 1 N–H and O–H groups in total. The molecule has 3 heteroatoms. The van der Waals surface area contributed by atoms with Crippen molar-refractivity contribution < 1.29 is 9.18 Å². The summed E-state index contributed by atoms with van der Waals surface area (Å²) in [6.45, 7) is 0.780. The Labute approximate surface area is 75.8 Å². The van der Waals surface area contributed by atoms with Crippen LogP contribution in [0.4, 0.5) is 4.39 Å². The van der Waals surface area contributed by atoms with Crippen LogP contribution in [0, 0.1) is 5.82 Å². The van der Waals surface area contributed by atoms with Crippen molar-refractivity contribution in [3.63, 3.8) is 0 Å². The number of hydrogen-bond donors (Lipinski definition) is 1. The van der Waals surface area contributed by atoms with E-state index >= 15 is 0 Å². The van der Waals surface area contributed by atoms with E-state index in [0.717, 1.165) is 30.4 Å². The summed E-state index contributed by atoms with van der Waals surface area (Å²) in [6.07, 6.45) is 1.68. The van der Waals surface area contributed by atoms with Gasteiger partial charge in [0.15, 0.2) is 0 Å². The molecule has 13 heavy (non-hydrogen) atoms. The fourth-order valence-electron chi connectivity index (χ4n) is 1.68. The molecule has 0 radical (unpaired) electrons. The number of fused-ring (bicyclic) bond motifs is 1. The van der Waals surface area contributed by atoms with Gasteiger partial charge in [0, 0.05) is 6.54 Å². The summed E-state index contributed by atoms with van der Waals surface area (Å²) >= 11 is 0. The van der Waals surface area contributed by atoms with Gasteiger partial charge in [0.2, 0.25) is 0 Å². The highest BCUT2D eigenvalue weighted by Gasteiger charge is 2.18. The Morgan fingerprint density at radius 3 is 3.15 bits per heavy atom. The average Bonchev–Trinajstić information content (AvgIpc) is 2.17. The van der Waals surface area contributed by atoms with Crippen molar-refractivity contribution in [3.8, 4) is 0 Å². The van der Waals surface area contributed by atoms with Gasteiger partial charge in [-0.15, -0.1) is 0 Å². The zero-order valence-electron chi connectivity index (χ0n) is 7.09. The van der Waals surface area contributed by atoms with Crippen LogP contribution in [-0.4, -0.2) is 12.8 Å². The first-order chi connectivity index (χ1) is 6.31. The van der Waals surface area contributed by atoms with Gasteiger partial charge in [0.05, 0.1) is 6.04 Å². The second-order valence-electron chi connectivity index (χ2n) is 3.16. The van der Waals surface area contributed by atoms with E-state index in [1.54, 1.807) is 6.07 Å². The van der Waals surface area contributed by atoms with Gasteiger partial charge >= 0.3 is 0 Å². The number of rotatable bonds is 1. The Balaban J connectivity index is 2.47. The molecule has 0 saturated carbocycles. The molecular weight excluding hydrogens is 169 g/mol. The number of aldehydes is 1. The highest BCUT2D eigenvalue weighted by atomic mass is 19.1. The minimum Gasteiger partial charge on any atom is -0.304 e. The fraction of sp³-hybridized carbons (Fsp3) is 0.300. The lowest BCUT2D eigenvalue weighted by Crippen LogP contribution is -2.30. The second-order valence-corrected chi connectivity index (χ2v) is 3.16. The minimum atomic E-state index is -0.334. The molecule has 0 spiro atoms. The topological polar surface area (TPSA) is 29.1 Å². The molecule has 0 saturated heterocycles. The quantitative estimate of drug-likeness (QED) is 0.656. The normalized spacial score (nSPS) is 20.8. The van der Waals surface area contributed by atoms with E-state index < -0.39 is 0 Å². The van der Waals surface area contributed by atoms with Crippen LogP contribution in [-0.2, 0) is 11.2 Å². The van der Waals surface area contributed by atoms with Crippen LogP contribution in [0.1, 0.15) is 17.2 Å². The van der Waals surface area contributed by atoms with Crippen LogP contribution in [0.15, 0.2) is 18.2 Å². The Morgan fingerprint density at radius 2 is 2.38 bits per heavy atom. The van der Waals surface area contributed by atoms with Crippen molar-refractivity contribution >= 4 is 6.29 Å². The SMILES string of the molecule is O=CC1NCCc2ccc(F)cc21. The maximum atomic E-state index is 12.9. The summed E-state index contributed by atoms with van der Waals surface area (Å²) in [5.74, 6) is -0.283. The van der Waals surface area contributed by atoms with E-state index in [2.05, 4.69) is 5.32 Å². The molecule has 1 aliphatic heterocycles. The van der Waals surface area contributed by atoms with Crippen molar-refractivity contribution in [1.29, 1.82) is 0 Å². The zero-order chi connectivity index (χ0) is 9.26. The molecule has 2 rings (SSSR count). The lowest BCUT2D eigenvalue weighted by Gasteiger charge is -2.22. The van der Waals surface area contributed by atoms with E-state index in [9.17, 15) is 9.18 Å². The fourth-order valence-corrected chi connectivity index (χ4v) is 1.68. The number of hydrogen-bond acceptors (Lipinski definition) is 2. The second kappa shape index (κ2) is 3.26. The summed E-state index contributed by atoms with van der Waals surface area (Å²) in [7, 11) is 0. The number of nitrogens with one attached hydrogen (secondary N) is 1. The maximum absolute atomic E-state index is 12.9. The summed E-state index contributed by atoms with van der Waals surface area (Å²) < 4.78 is 12.9. The maximum Gasteiger partial charge on any atom is 0.141 e. The van der Waals surface area contributed by atoms with Gasteiger partial charge in [0.25, 0.3) is 0 Å². The Hall–Kier alpha value is -1.22. The lowest BCUT2D eigenvalue weighted by atomic mass is 9.95. The minimum absolute atomic E-state index is 0.283. The van der Waals surface area contributed by atoms with Crippen molar-refractivity contribution in [1.82, 2.24) is 5.32 Å². The van der Waals surface area contributed by atoms with Crippen molar-refractivity contribution in [3.05, 3.63) is 35.1 Å². The third-order valence-electron chi connectivity index (χ3n) is 2.34. The molecule has 1 aliphatic rings. The van der Waals surface area contributed by atoms with Gasteiger partial charge in [-0.2, -0.15) is 0 Å². The molecule has 1 unspecified atom stereocenters. The molecule has 1 atom stereocenters. The summed E-state index contributed by atoms with van der Waals surface area (Å²) in [4.78, 5) is 10.6. The van der Waals surface area contributed by atoms with Gasteiger partial charge in [0.1, 0.15) is 12.1 Å². The highest BCUT2D eigenvalue weighted by Crippen LogP contribution is 2.21. The lowest BCUT2D eigenvalue weighted by molar-refractivity contribution is -0.109. The molecule has 1 aromatic rings. The largest absolute Gasteiger partial charge is 0.304 e. The van der Waals surface area contributed by atoms with Gasteiger partial charge in [-0.25, -0.2) is 4.39 Å². The molecule has 1 heterocycles. The summed E-state index contributed by atoms with van der Waals surface area (Å²) in [5.41, 5.74) is 1.85. The first-order valence-corrected chi connectivity index (χ1v) is 4.28. The van der Waals surface area contributed by atoms with Gasteiger partial charge < -0.3 is 10.1 Å². The third-order valence-corrected chi connectivity index (χ3v) is 2.34. The molecule has 0 aromatic heterocycles. The van der Waals surface area contributed by atoms with Crippen LogP contribution < -0.4 is 5.32 Å². The van der Waals surface area contributed by atoms with Crippen LogP contribution in [0.2, 0.25) is 0 Å².